The van der Waals surface area contributed by atoms with E-state index >= 15 is 0 Å². The molecule has 0 aliphatic heterocycles. The zero-order chi connectivity index (χ0) is 14.5. The summed E-state index contributed by atoms with van der Waals surface area (Å²) < 4.78 is 40.1. The van der Waals surface area contributed by atoms with Crippen molar-refractivity contribution < 1.29 is 28.1 Å². The first-order chi connectivity index (χ1) is 8.83. The number of pyridine rings is 1. The quantitative estimate of drug-likeness (QED) is 0.789. The monoisotopic (exact) mass is 299 g/mol. The number of halogens is 4. The first-order valence-corrected chi connectivity index (χ1v) is 5.94. The molecule has 0 amide bonds. The maximum absolute atomic E-state index is 11.9. The Morgan fingerprint density at radius 3 is 2.47 bits per heavy atom. The minimum atomic E-state index is -4.43. The molecular formula is C11H13ClF3NO3. The van der Waals surface area contributed by atoms with Crippen LogP contribution in [0.5, 0.6) is 5.88 Å². The van der Waals surface area contributed by atoms with E-state index in [9.17, 15) is 23.4 Å². The van der Waals surface area contributed by atoms with Crippen molar-refractivity contribution in [1.82, 2.24) is 4.98 Å². The van der Waals surface area contributed by atoms with Crippen LogP contribution in [0.1, 0.15) is 18.1 Å². The number of rotatable bonds is 6. The summed E-state index contributed by atoms with van der Waals surface area (Å²) >= 11 is 5.42. The van der Waals surface area contributed by atoms with Crippen molar-refractivity contribution in [3.63, 3.8) is 0 Å². The number of alkyl halides is 4. The standard InChI is InChI=1S/C11H13ClF3NO3/c12-4-3-8(17)10(18)7-1-2-9(16-5-7)19-6-11(13,14)15/h1-2,5,8,10,17-18H,3-4,6H2. The fourth-order valence-electron chi connectivity index (χ4n) is 1.30. The van der Waals surface area contributed by atoms with Gasteiger partial charge in [0, 0.05) is 23.7 Å². The van der Waals surface area contributed by atoms with E-state index in [0.717, 1.165) is 6.20 Å². The van der Waals surface area contributed by atoms with Gasteiger partial charge in [-0.2, -0.15) is 13.2 Å². The van der Waals surface area contributed by atoms with Gasteiger partial charge in [-0.15, -0.1) is 11.6 Å². The second-order valence-corrected chi connectivity index (χ2v) is 4.20. The van der Waals surface area contributed by atoms with E-state index in [2.05, 4.69) is 9.72 Å². The maximum Gasteiger partial charge on any atom is 0.422 e. The van der Waals surface area contributed by atoms with Crippen LogP contribution in [0.4, 0.5) is 13.2 Å². The molecule has 0 spiro atoms. The average Bonchev–Trinajstić information content (AvgIpc) is 2.35. The number of hydrogen-bond donors (Lipinski definition) is 2. The number of nitrogens with zero attached hydrogens (tertiary/aromatic N) is 1. The zero-order valence-electron chi connectivity index (χ0n) is 9.77. The summed E-state index contributed by atoms with van der Waals surface area (Å²) in [5, 5.41) is 19.2. The Morgan fingerprint density at radius 1 is 1.32 bits per heavy atom. The highest BCUT2D eigenvalue weighted by atomic mass is 35.5. The molecule has 1 heterocycles. The van der Waals surface area contributed by atoms with E-state index in [1.165, 1.54) is 12.1 Å². The summed E-state index contributed by atoms with van der Waals surface area (Å²) in [6.45, 7) is -1.43. The lowest BCUT2D eigenvalue weighted by Crippen LogP contribution is -2.20. The zero-order valence-corrected chi connectivity index (χ0v) is 10.5. The Balaban J connectivity index is 2.60. The van der Waals surface area contributed by atoms with Gasteiger partial charge in [-0.05, 0) is 12.5 Å². The number of aliphatic hydroxyl groups excluding tert-OH is 2. The summed E-state index contributed by atoms with van der Waals surface area (Å²) in [7, 11) is 0. The van der Waals surface area contributed by atoms with Crippen LogP contribution in [-0.4, -0.2) is 40.0 Å². The van der Waals surface area contributed by atoms with Crippen LogP contribution in [0.15, 0.2) is 18.3 Å². The fraction of sp³-hybridized carbons (Fsp3) is 0.545. The van der Waals surface area contributed by atoms with Gasteiger partial charge in [-0.25, -0.2) is 4.98 Å². The number of aromatic nitrogens is 1. The maximum atomic E-state index is 11.9. The Labute approximate surface area is 112 Å². The van der Waals surface area contributed by atoms with Crippen LogP contribution < -0.4 is 4.74 Å². The number of ether oxygens (including phenoxy) is 1. The Bertz CT molecular complexity index is 386. The molecule has 0 aliphatic rings. The molecule has 2 N–H and O–H groups in total. The van der Waals surface area contributed by atoms with Gasteiger partial charge in [-0.1, -0.05) is 0 Å². The predicted molar refractivity (Wildman–Crippen MR) is 62.1 cm³/mol. The van der Waals surface area contributed by atoms with Crippen molar-refractivity contribution in [1.29, 1.82) is 0 Å². The summed E-state index contributed by atoms with van der Waals surface area (Å²) in [6, 6.07) is 2.53. The molecule has 19 heavy (non-hydrogen) atoms. The van der Waals surface area contributed by atoms with Crippen LogP contribution in [0.25, 0.3) is 0 Å². The molecule has 0 saturated carbocycles. The van der Waals surface area contributed by atoms with Crippen molar-refractivity contribution in [2.24, 2.45) is 0 Å². The van der Waals surface area contributed by atoms with Crippen molar-refractivity contribution in [3.05, 3.63) is 23.9 Å². The van der Waals surface area contributed by atoms with Gasteiger partial charge in [-0.3, -0.25) is 0 Å². The molecule has 2 atom stereocenters. The highest BCUT2D eigenvalue weighted by Gasteiger charge is 2.28. The van der Waals surface area contributed by atoms with Crippen LogP contribution in [0, 0.1) is 0 Å². The van der Waals surface area contributed by atoms with E-state index < -0.39 is 25.0 Å². The molecule has 1 aromatic rings. The minimum Gasteiger partial charge on any atom is -0.468 e. The van der Waals surface area contributed by atoms with Crippen LogP contribution in [0.2, 0.25) is 0 Å². The lowest BCUT2D eigenvalue weighted by molar-refractivity contribution is -0.154. The summed E-state index contributed by atoms with van der Waals surface area (Å²) in [5.41, 5.74) is 0.275. The number of hydrogen-bond acceptors (Lipinski definition) is 4. The van der Waals surface area contributed by atoms with Gasteiger partial charge in [0.15, 0.2) is 6.61 Å². The molecule has 4 nitrogen and oxygen atoms in total. The largest absolute Gasteiger partial charge is 0.468 e. The second-order valence-electron chi connectivity index (χ2n) is 3.82. The first kappa shape index (κ1) is 16.0. The van der Waals surface area contributed by atoms with E-state index in [1.54, 1.807) is 0 Å². The third kappa shape index (κ3) is 5.63. The molecule has 0 aromatic carbocycles. The highest BCUT2D eigenvalue weighted by Crippen LogP contribution is 2.21. The first-order valence-electron chi connectivity index (χ1n) is 5.41. The third-order valence-electron chi connectivity index (χ3n) is 2.25. The van der Waals surface area contributed by atoms with Crippen molar-refractivity contribution >= 4 is 11.6 Å². The van der Waals surface area contributed by atoms with Gasteiger partial charge in [0.1, 0.15) is 6.10 Å². The molecule has 0 radical (unpaired) electrons. The molecule has 0 aliphatic carbocycles. The third-order valence-corrected chi connectivity index (χ3v) is 2.47. The van der Waals surface area contributed by atoms with E-state index in [0.29, 0.717) is 0 Å². The van der Waals surface area contributed by atoms with Crippen molar-refractivity contribution in [3.8, 4) is 5.88 Å². The molecule has 2 unspecified atom stereocenters. The Morgan fingerprint density at radius 2 is 2.00 bits per heavy atom. The predicted octanol–water partition coefficient (Wildman–Crippen LogP) is 2.05. The van der Waals surface area contributed by atoms with Crippen LogP contribution >= 0.6 is 11.6 Å². The lowest BCUT2D eigenvalue weighted by atomic mass is 10.0. The molecule has 1 rings (SSSR count). The Kier molecular flexibility index (Phi) is 5.84. The van der Waals surface area contributed by atoms with Crippen LogP contribution in [0.3, 0.4) is 0 Å². The molecule has 0 bridgehead atoms. The van der Waals surface area contributed by atoms with E-state index in [-0.39, 0.29) is 23.7 Å². The summed E-state index contributed by atoms with van der Waals surface area (Å²) in [4.78, 5) is 3.62. The SMILES string of the molecule is OC(CCCl)C(O)c1ccc(OCC(F)(F)F)nc1. The molecule has 8 heteroatoms. The summed E-state index contributed by atoms with van der Waals surface area (Å²) in [5.74, 6) is -0.0292. The molecule has 108 valence electrons. The molecular weight excluding hydrogens is 287 g/mol. The average molecular weight is 300 g/mol. The minimum absolute atomic E-state index is 0.179. The second kappa shape index (κ2) is 6.93. The topological polar surface area (TPSA) is 62.6 Å². The fourth-order valence-corrected chi connectivity index (χ4v) is 1.52. The van der Waals surface area contributed by atoms with Gasteiger partial charge < -0.3 is 14.9 Å². The van der Waals surface area contributed by atoms with Gasteiger partial charge >= 0.3 is 6.18 Å². The van der Waals surface area contributed by atoms with Gasteiger partial charge in [0.25, 0.3) is 0 Å². The summed E-state index contributed by atoms with van der Waals surface area (Å²) in [6.07, 6.45) is -5.34. The molecule has 0 saturated heterocycles. The van der Waals surface area contributed by atoms with Gasteiger partial charge in [0.05, 0.1) is 6.10 Å². The van der Waals surface area contributed by atoms with E-state index in [1.807, 2.05) is 0 Å². The molecule has 0 fully saturated rings. The van der Waals surface area contributed by atoms with Gasteiger partial charge in [0.2, 0.25) is 5.88 Å². The van der Waals surface area contributed by atoms with Crippen LogP contribution in [-0.2, 0) is 0 Å². The molecule has 1 aromatic heterocycles. The lowest BCUT2D eigenvalue weighted by Gasteiger charge is -2.17. The van der Waals surface area contributed by atoms with E-state index in [4.69, 9.17) is 11.6 Å². The highest BCUT2D eigenvalue weighted by molar-refractivity contribution is 6.17. The number of aliphatic hydroxyl groups is 2. The smallest absolute Gasteiger partial charge is 0.422 e. The van der Waals surface area contributed by atoms with Crippen molar-refractivity contribution in [2.75, 3.05) is 12.5 Å². The van der Waals surface area contributed by atoms with Crippen molar-refractivity contribution in [2.45, 2.75) is 24.8 Å². The Hall–Kier alpha value is -1.05. The normalized spacial score (nSPS) is 15.1.